The highest BCUT2D eigenvalue weighted by Crippen LogP contribution is 2.23. The summed E-state index contributed by atoms with van der Waals surface area (Å²) in [5.41, 5.74) is 7.46. The number of hydrogen-bond donors (Lipinski definition) is 3. The van der Waals surface area contributed by atoms with Gasteiger partial charge in [0.25, 0.3) is 0 Å². The van der Waals surface area contributed by atoms with Crippen LogP contribution >= 0.6 is 0 Å². The fourth-order valence-electron chi connectivity index (χ4n) is 1.36. The van der Waals surface area contributed by atoms with Gasteiger partial charge in [-0.25, -0.2) is 4.79 Å². The third-order valence-electron chi connectivity index (χ3n) is 2.13. The van der Waals surface area contributed by atoms with E-state index in [1.54, 1.807) is 13.0 Å². The molecule has 72 valence electrons. The molecule has 0 aliphatic rings. The van der Waals surface area contributed by atoms with Gasteiger partial charge in [0.15, 0.2) is 0 Å². The van der Waals surface area contributed by atoms with Crippen molar-refractivity contribution in [3.8, 4) is 0 Å². The summed E-state index contributed by atoms with van der Waals surface area (Å²) in [5.74, 6) is -1.05. The number of fused-ring (bicyclic) bond motifs is 1. The molecule has 0 fully saturated rings. The molecule has 6 heteroatoms. The van der Waals surface area contributed by atoms with E-state index in [9.17, 15) is 4.79 Å². The lowest BCUT2D eigenvalue weighted by Crippen LogP contribution is -2.04. The van der Waals surface area contributed by atoms with Crippen LogP contribution < -0.4 is 5.73 Å². The van der Waals surface area contributed by atoms with Crippen molar-refractivity contribution in [2.24, 2.45) is 0 Å². The Morgan fingerprint density at radius 1 is 1.57 bits per heavy atom. The predicted molar refractivity (Wildman–Crippen MR) is 50.0 cm³/mol. The monoisotopic (exact) mass is 192 g/mol. The van der Waals surface area contributed by atoms with E-state index in [4.69, 9.17) is 10.8 Å². The van der Waals surface area contributed by atoms with Gasteiger partial charge in [-0.1, -0.05) is 0 Å². The number of nitrogens with zero attached hydrogens (tertiary/aromatic N) is 2. The number of aromatic amines is 1. The van der Waals surface area contributed by atoms with Crippen LogP contribution in [-0.4, -0.2) is 26.5 Å². The number of benzene rings is 1. The Morgan fingerprint density at radius 2 is 2.29 bits per heavy atom. The molecule has 0 radical (unpaired) electrons. The summed E-state index contributed by atoms with van der Waals surface area (Å²) in [4.78, 5) is 10.9. The molecule has 1 aromatic carbocycles. The number of hydrogen-bond acceptors (Lipinski definition) is 4. The van der Waals surface area contributed by atoms with Gasteiger partial charge < -0.3 is 10.8 Å². The highest BCUT2D eigenvalue weighted by atomic mass is 16.4. The van der Waals surface area contributed by atoms with E-state index in [1.807, 2.05) is 0 Å². The Balaban J connectivity index is 2.93. The first-order valence-corrected chi connectivity index (χ1v) is 3.94. The van der Waals surface area contributed by atoms with Crippen LogP contribution in [0.4, 0.5) is 5.69 Å². The first-order chi connectivity index (χ1) is 6.61. The number of anilines is 1. The van der Waals surface area contributed by atoms with E-state index in [0.717, 1.165) is 0 Å². The Morgan fingerprint density at radius 3 is 2.93 bits per heavy atom. The second kappa shape index (κ2) is 2.69. The van der Waals surface area contributed by atoms with E-state index in [0.29, 0.717) is 22.3 Å². The fourth-order valence-corrected chi connectivity index (χ4v) is 1.36. The van der Waals surface area contributed by atoms with Gasteiger partial charge in [-0.3, -0.25) is 0 Å². The molecule has 0 amide bonds. The number of carboxylic acids is 1. The number of nitrogen functional groups attached to an aromatic ring is 1. The van der Waals surface area contributed by atoms with Gasteiger partial charge in [0.1, 0.15) is 11.0 Å². The quantitative estimate of drug-likeness (QED) is 0.572. The molecule has 1 heterocycles. The zero-order valence-corrected chi connectivity index (χ0v) is 7.40. The first-order valence-electron chi connectivity index (χ1n) is 3.94. The van der Waals surface area contributed by atoms with Crippen LogP contribution in [0.1, 0.15) is 15.9 Å². The lowest BCUT2D eigenvalue weighted by atomic mass is 10.1. The Kier molecular flexibility index (Phi) is 1.63. The average Bonchev–Trinajstić information content (AvgIpc) is 2.52. The standard InChI is InChI=1S/C8H8N4O2/c1-3-4(9)2-5-7(11-12-10-5)6(3)8(13)14/h2H,9H2,1H3,(H,13,14)(H,10,11,12). The topological polar surface area (TPSA) is 105 Å². The Labute approximate surface area is 78.7 Å². The number of aromatic nitrogens is 3. The number of H-pyrrole nitrogens is 1. The van der Waals surface area contributed by atoms with Crippen molar-refractivity contribution in [1.82, 2.24) is 15.4 Å². The van der Waals surface area contributed by atoms with Crippen LogP contribution in [0.25, 0.3) is 11.0 Å². The third kappa shape index (κ3) is 1.00. The van der Waals surface area contributed by atoms with E-state index < -0.39 is 5.97 Å². The van der Waals surface area contributed by atoms with Gasteiger partial charge in [-0.15, -0.1) is 0 Å². The first kappa shape index (κ1) is 8.49. The van der Waals surface area contributed by atoms with Crippen molar-refractivity contribution < 1.29 is 9.90 Å². The van der Waals surface area contributed by atoms with Crippen molar-refractivity contribution in [2.45, 2.75) is 6.92 Å². The maximum Gasteiger partial charge on any atom is 0.338 e. The average molecular weight is 192 g/mol. The van der Waals surface area contributed by atoms with E-state index >= 15 is 0 Å². The van der Waals surface area contributed by atoms with Crippen LogP contribution in [0.5, 0.6) is 0 Å². The van der Waals surface area contributed by atoms with Crippen molar-refractivity contribution in [3.63, 3.8) is 0 Å². The van der Waals surface area contributed by atoms with E-state index in [1.165, 1.54) is 0 Å². The number of rotatable bonds is 1. The van der Waals surface area contributed by atoms with Gasteiger partial charge in [-0.2, -0.15) is 15.4 Å². The zero-order valence-electron chi connectivity index (χ0n) is 7.40. The molecule has 2 aromatic rings. The van der Waals surface area contributed by atoms with Crippen molar-refractivity contribution in [2.75, 3.05) is 5.73 Å². The van der Waals surface area contributed by atoms with Gasteiger partial charge in [0.2, 0.25) is 0 Å². The summed E-state index contributed by atoms with van der Waals surface area (Å²) in [6, 6.07) is 1.60. The van der Waals surface area contributed by atoms with Crippen LogP contribution in [0, 0.1) is 6.92 Å². The zero-order chi connectivity index (χ0) is 10.3. The lowest BCUT2D eigenvalue weighted by Gasteiger charge is -2.03. The normalized spacial score (nSPS) is 10.6. The summed E-state index contributed by atoms with van der Waals surface area (Å²) in [6.07, 6.45) is 0. The summed E-state index contributed by atoms with van der Waals surface area (Å²) in [7, 11) is 0. The van der Waals surface area contributed by atoms with Crippen LogP contribution in [0.3, 0.4) is 0 Å². The summed E-state index contributed by atoms with van der Waals surface area (Å²) >= 11 is 0. The summed E-state index contributed by atoms with van der Waals surface area (Å²) in [5, 5.41) is 18.9. The van der Waals surface area contributed by atoms with Crippen molar-refractivity contribution in [3.05, 3.63) is 17.2 Å². The minimum absolute atomic E-state index is 0.105. The maximum absolute atomic E-state index is 10.9. The van der Waals surface area contributed by atoms with Crippen molar-refractivity contribution in [1.29, 1.82) is 0 Å². The molecule has 0 bridgehead atoms. The molecule has 0 saturated heterocycles. The lowest BCUT2D eigenvalue weighted by molar-refractivity contribution is 0.0698. The predicted octanol–water partition coefficient (Wildman–Crippen LogP) is 0.547. The summed E-state index contributed by atoms with van der Waals surface area (Å²) in [6.45, 7) is 1.65. The number of carboxylic acid groups (broad SMARTS) is 1. The second-order valence-electron chi connectivity index (χ2n) is 2.96. The van der Waals surface area contributed by atoms with Gasteiger partial charge >= 0.3 is 5.97 Å². The molecule has 2 rings (SSSR count). The molecular weight excluding hydrogens is 184 g/mol. The summed E-state index contributed by atoms with van der Waals surface area (Å²) < 4.78 is 0. The highest BCUT2D eigenvalue weighted by Gasteiger charge is 2.17. The highest BCUT2D eigenvalue weighted by molar-refractivity contribution is 6.04. The van der Waals surface area contributed by atoms with E-state index in [2.05, 4.69) is 15.4 Å². The largest absolute Gasteiger partial charge is 0.478 e. The number of aromatic carboxylic acids is 1. The molecular formula is C8H8N4O2. The third-order valence-corrected chi connectivity index (χ3v) is 2.13. The molecule has 1 aromatic heterocycles. The van der Waals surface area contributed by atoms with Gasteiger partial charge in [0, 0.05) is 5.69 Å². The van der Waals surface area contributed by atoms with E-state index in [-0.39, 0.29) is 5.56 Å². The Hall–Kier alpha value is -2.11. The molecule has 14 heavy (non-hydrogen) atoms. The molecule has 0 saturated carbocycles. The second-order valence-corrected chi connectivity index (χ2v) is 2.96. The molecule has 0 aliphatic carbocycles. The molecule has 0 atom stereocenters. The minimum Gasteiger partial charge on any atom is -0.478 e. The van der Waals surface area contributed by atoms with Crippen LogP contribution in [0.2, 0.25) is 0 Å². The Bertz CT molecular complexity index is 517. The van der Waals surface area contributed by atoms with Gasteiger partial charge in [-0.05, 0) is 18.6 Å². The number of carbonyl (C=O) groups is 1. The van der Waals surface area contributed by atoms with Crippen molar-refractivity contribution >= 4 is 22.7 Å². The minimum atomic E-state index is -1.05. The molecule has 0 unspecified atom stereocenters. The fraction of sp³-hybridized carbons (Fsp3) is 0.125. The number of nitrogens with one attached hydrogen (secondary N) is 1. The molecule has 0 spiro atoms. The molecule has 4 N–H and O–H groups in total. The number of nitrogens with two attached hydrogens (primary N) is 1. The van der Waals surface area contributed by atoms with Crippen LogP contribution in [-0.2, 0) is 0 Å². The van der Waals surface area contributed by atoms with Gasteiger partial charge in [0.05, 0.1) is 5.56 Å². The smallest absolute Gasteiger partial charge is 0.338 e. The molecule has 6 nitrogen and oxygen atoms in total. The molecule has 0 aliphatic heterocycles. The SMILES string of the molecule is Cc1c(N)cc2n[nH]nc2c1C(=O)O. The maximum atomic E-state index is 10.9. The van der Waals surface area contributed by atoms with Crippen LogP contribution in [0.15, 0.2) is 6.07 Å².